The molecule has 0 N–H and O–H groups in total. The number of rotatable bonds is 4. The van der Waals surface area contributed by atoms with Crippen LogP contribution in [0.25, 0.3) is 0 Å². The molecule has 0 aliphatic carbocycles. The van der Waals surface area contributed by atoms with Gasteiger partial charge in [-0.25, -0.2) is 0 Å². The molecule has 2 amide bonds. The van der Waals surface area contributed by atoms with Crippen LogP contribution in [0.3, 0.4) is 0 Å². The zero-order valence-corrected chi connectivity index (χ0v) is 21.6. The van der Waals surface area contributed by atoms with Crippen molar-refractivity contribution in [2.75, 3.05) is 44.2 Å². The van der Waals surface area contributed by atoms with Gasteiger partial charge in [0, 0.05) is 61.5 Å². The van der Waals surface area contributed by atoms with Gasteiger partial charge < -0.3 is 14.7 Å². The SMILES string of the molecule is Cc1ccc(C2CN(C(=O)c3ccc(Cl)cc3)CC2C(=O)N2CCN(c3ccccc3C)CC2)cc1. The van der Waals surface area contributed by atoms with E-state index in [1.165, 1.54) is 16.8 Å². The summed E-state index contributed by atoms with van der Waals surface area (Å²) in [7, 11) is 0. The van der Waals surface area contributed by atoms with Gasteiger partial charge >= 0.3 is 0 Å². The zero-order valence-electron chi connectivity index (χ0n) is 20.9. The van der Waals surface area contributed by atoms with Gasteiger partial charge in [0.05, 0.1) is 5.92 Å². The predicted octanol–water partition coefficient (Wildman–Crippen LogP) is 5.16. The van der Waals surface area contributed by atoms with Crippen LogP contribution in [-0.2, 0) is 4.79 Å². The molecule has 0 saturated carbocycles. The minimum absolute atomic E-state index is 0.0243. The van der Waals surface area contributed by atoms with Crippen LogP contribution in [0.15, 0.2) is 72.8 Å². The largest absolute Gasteiger partial charge is 0.368 e. The lowest BCUT2D eigenvalue weighted by Crippen LogP contribution is -2.51. The number of carbonyl (C=O) groups is 2. The molecular weight excluding hydrogens is 470 g/mol. The van der Waals surface area contributed by atoms with E-state index in [1.807, 2.05) is 9.80 Å². The number of halogens is 1. The van der Waals surface area contributed by atoms with Gasteiger partial charge in [0.2, 0.25) is 5.91 Å². The molecular formula is C30H32ClN3O2. The van der Waals surface area contributed by atoms with Gasteiger partial charge in [-0.2, -0.15) is 0 Å². The standard InChI is InChI=1S/C30H32ClN3O2/c1-21-7-9-23(10-8-21)26-19-34(29(35)24-11-13-25(31)14-12-24)20-27(26)30(36)33-17-15-32(16-18-33)28-6-4-3-5-22(28)2/h3-14,26-27H,15-20H2,1-2H3. The highest BCUT2D eigenvalue weighted by molar-refractivity contribution is 6.30. The molecule has 2 aliphatic heterocycles. The van der Waals surface area contributed by atoms with E-state index in [0.29, 0.717) is 36.8 Å². The lowest BCUT2D eigenvalue weighted by atomic mass is 9.87. The van der Waals surface area contributed by atoms with Crippen molar-refractivity contribution >= 4 is 29.1 Å². The summed E-state index contributed by atoms with van der Waals surface area (Å²) in [5.41, 5.74) is 5.39. The second kappa shape index (κ2) is 10.4. The van der Waals surface area contributed by atoms with E-state index in [9.17, 15) is 9.59 Å². The van der Waals surface area contributed by atoms with Crippen molar-refractivity contribution in [3.8, 4) is 0 Å². The van der Waals surface area contributed by atoms with Gasteiger partial charge in [-0.1, -0.05) is 59.6 Å². The Bertz CT molecular complexity index is 1230. The second-order valence-electron chi connectivity index (χ2n) is 9.94. The van der Waals surface area contributed by atoms with E-state index in [-0.39, 0.29) is 23.7 Å². The van der Waals surface area contributed by atoms with Gasteiger partial charge in [-0.3, -0.25) is 9.59 Å². The number of para-hydroxylation sites is 1. The number of anilines is 1. The number of carbonyl (C=O) groups excluding carboxylic acids is 2. The van der Waals surface area contributed by atoms with Crippen molar-refractivity contribution in [3.63, 3.8) is 0 Å². The second-order valence-corrected chi connectivity index (χ2v) is 10.4. The molecule has 2 heterocycles. The molecule has 6 heteroatoms. The number of benzene rings is 3. The average Bonchev–Trinajstić information content (AvgIpc) is 3.35. The van der Waals surface area contributed by atoms with Crippen molar-refractivity contribution in [2.24, 2.45) is 5.92 Å². The number of hydrogen-bond acceptors (Lipinski definition) is 3. The van der Waals surface area contributed by atoms with Gasteiger partial charge in [0.15, 0.2) is 0 Å². The Hall–Kier alpha value is -3.31. The summed E-state index contributed by atoms with van der Waals surface area (Å²) in [5.74, 6) is -0.183. The highest BCUT2D eigenvalue weighted by atomic mass is 35.5. The van der Waals surface area contributed by atoms with Crippen LogP contribution in [0.5, 0.6) is 0 Å². The first-order chi connectivity index (χ1) is 17.4. The fourth-order valence-corrected chi connectivity index (χ4v) is 5.59. The summed E-state index contributed by atoms with van der Waals surface area (Å²) in [4.78, 5) is 33.4. The molecule has 2 atom stereocenters. The molecule has 2 saturated heterocycles. The molecule has 2 unspecified atom stereocenters. The minimum atomic E-state index is -0.256. The molecule has 5 rings (SSSR count). The molecule has 0 radical (unpaired) electrons. The topological polar surface area (TPSA) is 43.9 Å². The van der Waals surface area contributed by atoms with E-state index in [4.69, 9.17) is 11.6 Å². The van der Waals surface area contributed by atoms with Crippen molar-refractivity contribution in [2.45, 2.75) is 19.8 Å². The molecule has 36 heavy (non-hydrogen) atoms. The summed E-state index contributed by atoms with van der Waals surface area (Å²) >= 11 is 6.02. The first-order valence-electron chi connectivity index (χ1n) is 12.6. The van der Waals surface area contributed by atoms with Crippen LogP contribution in [0.2, 0.25) is 5.02 Å². The summed E-state index contributed by atoms with van der Waals surface area (Å²) in [5, 5.41) is 0.600. The maximum Gasteiger partial charge on any atom is 0.253 e. The average molecular weight is 502 g/mol. The number of hydrogen-bond donors (Lipinski definition) is 0. The van der Waals surface area contributed by atoms with Crippen molar-refractivity contribution in [3.05, 3.63) is 100 Å². The lowest BCUT2D eigenvalue weighted by molar-refractivity contribution is -0.135. The fraction of sp³-hybridized carbons (Fsp3) is 0.333. The highest BCUT2D eigenvalue weighted by Crippen LogP contribution is 2.35. The van der Waals surface area contributed by atoms with Crippen LogP contribution in [-0.4, -0.2) is 60.9 Å². The molecule has 0 spiro atoms. The summed E-state index contributed by atoms with van der Waals surface area (Å²) in [6.07, 6.45) is 0. The van der Waals surface area contributed by atoms with Crippen molar-refractivity contribution < 1.29 is 9.59 Å². The molecule has 2 aliphatic rings. The van der Waals surface area contributed by atoms with E-state index < -0.39 is 0 Å². The van der Waals surface area contributed by atoms with Crippen molar-refractivity contribution in [1.82, 2.24) is 9.80 Å². The van der Waals surface area contributed by atoms with E-state index in [0.717, 1.165) is 18.7 Å². The van der Waals surface area contributed by atoms with Gasteiger partial charge in [0.1, 0.15) is 0 Å². The Morgan fingerprint density at radius 3 is 2.11 bits per heavy atom. The Morgan fingerprint density at radius 1 is 0.778 bits per heavy atom. The van der Waals surface area contributed by atoms with Crippen LogP contribution in [0, 0.1) is 19.8 Å². The van der Waals surface area contributed by atoms with Crippen LogP contribution in [0.1, 0.15) is 33.0 Å². The summed E-state index contributed by atoms with van der Waals surface area (Å²) < 4.78 is 0. The van der Waals surface area contributed by atoms with Crippen LogP contribution < -0.4 is 4.90 Å². The van der Waals surface area contributed by atoms with E-state index >= 15 is 0 Å². The fourth-order valence-electron chi connectivity index (χ4n) is 5.47. The van der Waals surface area contributed by atoms with Gasteiger partial charge in [0.25, 0.3) is 5.91 Å². The molecule has 3 aromatic carbocycles. The molecule has 3 aromatic rings. The predicted molar refractivity (Wildman–Crippen MR) is 145 cm³/mol. The maximum absolute atomic E-state index is 13.9. The first-order valence-corrected chi connectivity index (χ1v) is 13.0. The number of piperazine rings is 1. The third-order valence-corrected chi connectivity index (χ3v) is 7.82. The molecule has 0 bridgehead atoms. The Balaban J connectivity index is 1.34. The number of amides is 2. The Morgan fingerprint density at radius 2 is 1.44 bits per heavy atom. The van der Waals surface area contributed by atoms with Gasteiger partial charge in [-0.05, 0) is 55.3 Å². The Kier molecular flexibility index (Phi) is 7.01. The Labute approximate surface area is 218 Å². The molecule has 186 valence electrons. The number of aryl methyl sites for hydroxylation is 2. The lowest BCUT2D eigenvalue weighted by Gasteiger charge is -2.38. The quantitative estimate of drug-likeness (QED) is 0.496. The summed E-state index contributed by atoms with van der Waals surface area (Å²) in [6, 6.07) is 23.8. The smallest absolute Gasteiger partial charge is 0.253 e. The van der Waals surface area contributed by atoms with Crippen LogP contribution >= 0.6 is 11.6 Å². The third kappa shape index (κ3) is 4.98. The van der Waals surface area contributed by atoms with E-state index in [1.54, 1.807) is 24.3 Å². The summed E-state index contributed by atoms with van der Waals surface area (Å²) in [6.45, 7) is 8.15. The normalized spacial score (nSPS) is 20.0. The zero-order chi connectivity index (χ0) is 25.2. The number of nitrogens with zero attached hydrogens (tertiary/aromatic N) is 3. The molecule has 2 fully saturated rings. The molecule has 0 aromatic heterocycles. The third-order valence-electron chi connectivity index (χ3n) is 7.57. The van der Waals surface area contributed by atoms with Gasteiger partial charge in [-0.15, -0.1) is 0 Å². The monoisotopic (exact) mass is 501 g/mol. The maximum atomic E-state index is 13.9. The molecule has 5 nitrogen and oxygen atoms in total. The highest BCUT2D eigenvalue weighted by Gasteiger charge is 2.42. The van der Waals surface area contributed by atoms with Crippen molar-refractivity contribution in [1.29, 1.82) is 0 Å². The van der Waals surface area contributed by atoms with Crippen LogP contribution in [0.4, 0.5) is 5.69 Å². The minimum Gasteiger partial charge on any atom is -0.368 e. The van der Waals surface area contributed by atoms with E-state index in [2.05, 4.69) is 67.3 Å². The first kappa shape index (κ1) is 24.4. The number of likely N-dealkylation sites (tertiary alicyclic amines) is 1.